The number of hydrogen-bond acceptors (Lipinski definition) is 7. The van der Waals surface area contributed by atoms with Crippen LogP contribution in [0.5, 0.6) is 0 Å². The zero-order valence-electron chi connectivity index (χ0n) is 18.6. The van der Waals surface area contributed by atoms with Crippen molar-refractivity contribution in [2.24, 2.45) is 5.92 Å². The molecule has 1 amide bonds. The first-order chi connectivity index (χ1) is 15.6. The number of amides is 1. The fourth-order valence-electron chi connectivity index (χ4n) is 4.84. The van der Waals surface area contributed by atoms with Gasteiger partial charge < -0.3 is 14.0 Å². The van der Waals surface area contributed by atoms with Crippen LogP contribution in [-0.4, -0.2) is 77.5 Å². The molecule has 0 saturated carbocycles. The van der Waals surface area contributed by atoms with Crippen LogP contribution in [0.15, 0.2) is 42.7 Å². The third-order valence-electron chi connectivity index (χ3n) is 6.49. The molecule has 2 aliphatic rings. The van der Waals surface area contributed by atoms with Crippen LogP contribution >= 0.6 is 0 Å². The van der Waals surface area contributed by atoms with Crippen LogP contribution < -0.4 is 0 Å². The van der Waals surface area contributed by atoms with Gasteiger partial charge in [0.25, 0.3) is 0 Å². The number of piperidine rings is 1. The second-order valence-electron chi connectivity index (χ2n) is 8.23. The molecule has 2 aliphatic heterocycles. The summed E-state index contributed by atoms with van der Waals surface area (Å²) >= 11 is 0. The minimum atomic E-state index is -0.683. The van der Waals surface area contributed by atoms with Gasteiger partial charge in [0, 0.05) is 51.3 Å². The Balaban J connectivity index is 1.48. The van der Waals surface area contributed by atoms with Gasteiger partial charge in [0.05, 0.1) is 31.8 Å². The number of carbonyl (C=O) groups is 2. The van der Waals surface area contributed by atoms with Gasteiger partial charge in [0.1, 0.15) is 5.82 Å². The van der Waals surface area contributed by atoms with Crippen LogP contribution in [0.4, 0.5) is 0 Å². The lowest BCUT2D eigenvalue weighted by atomic mass is 9.77. The van der Waals surface area contributed by atoms with E-state index in [1.807, 2.05) is 30.5 Å². The molecule has 4 heterocycles. The van der Waals surface area contributed by atoms with E-state index in [1.54, 1.807) is 13.3 Å². The van der Waals surface area contributed by atoms with E-state index in [-0.39, 0.29) is 24.9 Å². The summed E-state index contributed by atoms with van der Waals surface area (Å²) < 4.78 is 12.2. The third kappa shape index (κ3) is 4.28. The Labute approximate surface area is 187 Å². The molecule has 0 unspecified atom stereocenters. The van der Waals surface area contributed by atoms with Crippen molar-refractivity contribution in [1.29, 1.82) is 0 Å². The summed E-state index contributed by atoms with van der Waals surface area (Å²) in [4.78, 5) is 37.9. The van der Waals surface area contributed by atoms with E-state index in [2.05, 4.69) is 20.5 Å². The molecule has 0 aromatic carbocycles. The van der Waals surface area contributed by atoms with Crippen molar-refractivity contribution in [3.05, 3.63) is 48.4 Å². The summed E-state index contributed by atoms with van der Waals surface area (Å²) in [6.45, 7) is 2.86. The van der Waals surface area contributed by atoms with Crippen LogP contribution in [0.25, 0.3) is 5.82 Å². The van der Waals surface area contributed by atoms with E-state index >= 15 is 0 Å². The molecular weight excluding hydrogens is 412 g/mol. The number of hydrogen-bond donors (Lipinski definition) is 0. The number of carbonyl (C=O) groups excluding carboxylic acids is 2. The Morgan fingerprint density at radius 1 is 1.16 bits per heavy atom. The number of pyridine rings is 1. The Morgan fingerprint density at radius 3 is 2.66 bits per heavy atom. The summed E-state index contributed by atoms with van der Waals surface area (Å²) in [6.07, 6.45) is 5.18. The maximum Gasteiger partial charge on any atom is 0.311 e. The van der Waals surface area contributed by atoms with Gasteiger partial charge in [0.2, 0.25) is 5.91 Å². The molecule has 1 atom stereocenters. The molecule has 32 heavy (non-hydrogen) atoms. The Bertz CT molecular complexity index is 923. The Morgan fingerprint density at radius 2 is 1.97 bits per heavy atom. The summed E-state index contributed by atoms with van der Waals surface area (Å²) in [6, 6.07) is 9.96. The van der Waals surface area contributed by atoms with Crippen LogP contribution in [0, 0.1) is 5.92 Å². The molecule has 4 rings (SSSR count). The van der Waals surface area contributed by atoms with E-state index in [0.717, 1.165) is 31.1 Å². The van der Waals surface area contributed by atoms with Gasteiger partial charge in [0.15, 0.2) is 0 Å². The number of methoxy groups -OCH3 is 2. The van der Waals surface area contributed by atoms with Crippen LogP contribution in [0.3, 0.4) is 0 Å². The standard InChI is InChI=1S/C23H30N4O5/c1-30-14-15-32-27-21(28)16-19(22(29)31-2)23(27)8-12-25(13-9-23)17-18-6-5-11-26(18)20-7-3-4-10-24-20/h3-7,10-11,19H,8-9,12-17H2,1-2H3/t19-/m0/s1. The SMILES string of the molecule is COCCON1C(=O)C[C@@H](C(=O)OC)C12CCN(Cc1cccn1-c1ccccn1)CC2. The number of rotatable bonds is 8. The first-order valence-electron chi connectivity index (χ1n) is 10.9. The van der Waals surface area contributed by atoms with Crippen molar-refractivity contribution >= 4 is 11.9 Å². The third-order valence-corrected chi connectivity index (χ3v) is 6.49. The molecule has 0 bridgehead atoms. The molecule has 0 aliphatic carbocycles. The predicted octanol–water partition coefficient (Wildman–Crippen LogP) is 1.81. The summed E-state index contributed by atoms with van der Waals surface area (Å²) in [7, 11) is 2.96. The zero-order chi connectivity index (χ0) is 22.6. The van der Waals surface area contributed by atoms with Crippen LogP contribution in [0.2, 0.25) is 0 Å². The van der Waals surface area contributed by atoms with Crippen LogP contribution in [0.1, 0.15) is 25.0 Å². The first-order valence-corrected chi connectivity index (χ1v) is 10.9. The number of esters is 1. The monoisotopic (exact) mass is 442 g/mol. The average molecular weight is 443 g/mol. The lowest BCUT2D eigenvalue weighted by Gasteiger charge is -2.45. The Hall–Kier alpha value is -2.75. The van der Waals surface area contributed by atoms with E-state index < -0.39 is 11.5 Å². The highest BCUT2D eigenvalue weighted by atomic mass is 16.7. The molecule has 1 spiro atoms. The summed E-state index contributed by atoms with van der Waals surface area (Å²) in [5.41, 5.74) is 0.456. The quantitative estimate of drug-likeness (QED) is 0.455. The summed E-state index contributed by atoms with van der Waals surface area (Å²) in [5.74, 6) is -0.171. The van der Waals surface area contributed by atoms with Gasteiger partial charge in [-0.3, -0.25) is 19.3 Å². The van der Waals surface area contributed by atoms with Crippen molar-refractivity contribution < 1.29 is 23.9 Å². The molecular formula is C23H30N4O5. The molecule has 9 heteroatoms. The molecule has 9 nitrogen and oxygen atoms in total. The van der Waals surface area contributed by atoms with Gasteiger partial charge in [-0.1, -0.05) is 6.07 Å². The number of nitrogens with zero attached hydrogens (tertiary/aromatic N) is 4. The number of likely N-dealkylation sites (tertiary alicyclic amines) is 1. The minimum absolute atomic E-state index is 0.113. The number of hydroxylamine groups is 2. The molecule has 172 valence electrons. The number of ether oxygens (including phenoxy) is 2. The predicted molar refractivity (Wildman–Crippen MR) is 116 cm³/mol. The van der Waals surface area contributed by atoms with Gasteiger partial charge in [-0.2, -0.15) is 0 Å². The second-order valence-corrected chi connectivity index (χ2v) is 8.23. The van der Waals surface area contributed by atoms with Gasteiger partial charge in [-0.05, 0) is 37.1 Å². The lowest BCUT2D eigenvalue weighted by Crippen LogP contribution is -2.57. The molecule has 0 N–H and O–H groups in total. The van der Waals surface area contributed by atoms with Crippen molar-refractivity contribution in [2.75, 3.05) is 40.5 Å². The van der Waals surface area contributed by atoms with E-state index in [4.69, 9.17) is 14.3 Å². The van der Waals surface area contributed by atoms with Gasteiger partial charge in [-0.15, -0.1) is 0 Å². The zero-order valence-corrected chi connectivity index (χ0v) is 18.6. The number of aromatic nitrogens is 2. The average Bonchev–Trinajstić information content (AvgIpc) is 3.39. The van der Waals surface area contributed by atoms with E-state index in [1.165, 1.54) is 12.2 Å². The lowest BCUT2D eigenvalue weighted by molar-refractivity contribution is -0.227. The Kier molecular flexibility index (Phi) is 6.88. The van der Waals surface area contributed by atoms with Gasteiger partial charge >= 0.3 is 5.97 Å². The molecule has 2 aromatic rings. The maximum absolute atomic E-state index is 12.7. The topological polar surface area (TPSA) is 86.1 Å². The summed E-state index contributed by atoms with van der Waals surface area (Å²) in [5, 5.41) is 1.45. The minimum Gasteiger partial charge on any atom is -0.469 e. The smallest absolute Gasteiger partial charge is 0.311 e. The molecule has 0 radical (unpaired) electrons. The van der Waals surface area contributed by atoms with Crippen molar-refractivity contribution in [3.63, 3.8) is 0 Å². The molecule has 2 aromatic heterocycles. The highest BCUT2D eigenvalue weighted by Crippen LogP contribution is 2.44. The fraction of sp³-hybridized carbons (Fsp3) is 0.522. The molecule has 2 saturated heterocycles. The van der Waals surface area contributed by atoms with Crippen molar-refractivity contribution in [1.82, 2.24) is 19.5 Å². The van der Waals surface area contributed by atoms with Crippen molar-refractivity contribution in [3.8, 4) is 5.82 Å². The molecule has 2 fully saturated rings. The normalized spacial score (nSPS) is 20.8. The van der Waals surface area contributed by atoms with Crippen LogP contribution in [-0.2, 0) is 30.4 Å². The largest absolute Gasteiger partial charge is 0.469 e. The fourth-order valence-corrected chi connectivity index (χ4v) is 4.84. The second kappa shape index (κ2) is 9.81. The highest BCUT2D eigenvalue weighted by molar-refractivity contribution is 5.88. The van der Waals surface area contributed by atoms with Crippen molar-refractivity contribution in [2.45, 2.75) is 31.3 Å². The first kappa shape index (κ1) is 22.4. The van der Waals surface area contributed by atoms with E-state index in [0.29, 0.717) is 19.4 Å². The highest BCUT2D eigenvalue weighted by Gasteiger charge is 2.58. The van der Waals surface area contributed by atoms with E-state index in [9.17, 15) is 9.59 Å². The van der Waals surface area contributed by atoms with Gasteiger partial charge in [-0.25, -0.2) is 10.0 Å². The maximum atomic E-state index is 12.7.